The molecule has 120 valence electrons. The topological polar surface area (TPSA) is 85.7 Å². The van der Waals surface area contributed by atoms with Crippen LogP contribution in [0.25, 0.3) is 0 Å². The molecule has 0 aliphatic rings. The molecule has 1 amide bonds. The highest BCUT2D eigenvalue weighted by Gasteiger charge is 2.20. The van der Waals surface area contributed by atoms with Crippen molar-refractivity contribution in [1.29, 1.82) is 0 Å². The van der Waals surface area contributed by atoms with E-state index in [9.17, 15) is 13.6 Å². The summed E-state index contributed by atoms with van der Waals surface area (Å²) < 4.78 is 32.0. The number of carbonyl (C=O) groups excluding carboxylic acids is 1. The van der Waals surface area contributed by atoms with Gasteiger partial charge in [0.05, 0.1) is 5.56 Å². The third-order valence-electron chi connectivity index (χ3n) is 2.69. The van der Waals surface area contributed by atoms with Crippen LogP contribution in [0.5, 0.6) is 11.6 Å². The molecule has 0 aliphatic carbocycles. The van der Waals surface area contributed by atoms with Gasteiger partial charge in [-0.2, -0.15) is 13.8 Å². The molecule has 7 nitrogen and oxygen atoms in total. The van der Waals surface area contributed by atoms with Gasteiger partial charge in [-0.05, 0) is 12.1 Å². The molecular formula is C14H12F2N4O3. The van der Waals surface area contributed by atoms with Gasteiger partial charge in [0.2, 0.25) is 5.82 Å². The average Bonchev–Trinajstić information content (AvgIpc) is 2.57. The molecule has 2 aromatic rings. The molecule has 1 heterocycles. The second-order valence-corrected chi connectivity index (χ2v) is 4.08. The summed E-state index contributed by atoms with van der Waals surface area (Å²) in [5.41, 5.74) is 0.118. The quantitative estimate of drug-likeness (QED) is 0.514. The van der Waals surface area contributed by atoms with Crippen LogP contribution in [-0.2, 0) is 9.63 Å². The Morgan fingerprint density at radius 3 is 2.70 bits per heavy atom. The van der Waals surface area contributed by atoms with E-state index in [-0.39, 0.29) is 17.0 Å². The van der Waals surface area contributed by atoms with Gasteiger partial charge in [0.25, 0.3) is 17.7 Å². The van der Waals surface area contributed by atoms with Crippen molar-refractivity contribution in [1.82, 2.24) is 15.3 Å². The Morgan fingerprint density at radius 2 is 2.00 bits per heavy atom. The zero-order valence-corrected chi connectivity index (χ0v) is 12.2. The standard InChI is InChI=1S/C14H12F2N4O3/c1-17-13(21)11(20-22-2)8-5-3-4-6-9(8)23-14-10(15)12(16)18-7-19-14/h3-7H,1-2H3,(H,17,21). The van der Waals surface area contributed by atoms with Crippen LogP contribution < -0.4 is 10.1 Å². The molecule has 0 bridgehead atoms. The van der Waals surface area contributed by atoms with E-state index in [0.29, 0.717) is 0 Å². The van der Waals surface area contributed by atoms with Crippen LogP contribution in [-0.4, -0.2) is 35.7 Å². The van der Waals surface area contributed by atoms with Crippen LogP contribution in [0.4, 0.5) is 8.78 Å². The molecule has 0 spiro atoms. The maximum absolute atomic E-state index is 13.6. The van der Waals surface area contributed by atoms with E-state index in [1.807, 2.05) is 0 Å². The van der Waals surface area contributed by atoms with E-state index < -0.39 is 23.6 Å². The Bertz CT molecular complexity index is 753. The highest BCUT2D eigenvalue weighted by molar-refractivity contribution is 6.45. The largest absolute Gasteiger partial charge is 0.436 e. The minimum atomic E-state index is -1.34. The predicted octanol–water partition coefficient (Wildman–Crippen LogP) is 1.64. The molecule has 0 saturated heterocycles. The Balaban J connectivity index is 2.47. The number of nitrogens with one attached hydrogen (secondary N) is 1. The molecule has 23 heavy (non-hydrogen) atoms. The highest BCUT2D eigenvalue weighted by atomic mass is 19.2. The van der Waals surface area contributed by atoms with Gasteiger partial charge in [0.1, 0.15) is 19.2 Å². The molecule has 0 atom stereocenters. The van der Waals surface area contributed by atoms with Crippen LogP contribution in [0.15, 0.2) is 35.7 Å². The maximum atomic E-state index is 13.6. The number of benzene rings is 1. The molecule has 1 aromatic heterocycles. The first-order valence-electron chi connectivity index (χ1n) is 6.35. The van der Waals surface area contributed by atoms with Crippen LogP contribution in [0.2, 0.25) is 0 Å². The van der Waals surface area contributed by atoms with E-state index in [2.05, 4.69) is 25.3 Å². The second kappa shape index (κ2) is 7.25. The summed E-state index contributed by atoms with van der Waals surface area (Å²) in [7, 11) is 2.68. The van der Waals surface area contributed by atoms with E-state index in [1.165, 1.54) is 26.3 Å². The average molecular weight is 322 g/mol. The monoisotopic (exact) mass is 322 g/mol. The molecule has 9 heteroatoms. The Hall–Kier alpha value is -3.10. The predicted molar refractivity (Wildman–Crippen MR) is 76.1 cm³/mol. The minimum Gasteiger partial charge on any atom is -0.436 e. The van der Waals surface area contributed by atoms with Gasteiger partial charge in [-0.1, -0.05) is 17.3 Å². The number of hydrogen-bond donors (Lipinski definition) is 1. The number of rotatable bonds is 5. The summed E-state index contributed by atoms with van der Waals surface area (Å²) in [6, 6.07) is 6.16. The van der Waals surface area contributed by atoms with Gasteiger partial charge >= 0.3 is 0 Å². The number of carbonyl (C=O) groups is 1. The molecule has 1 N–H and O–H groups in total. The van der Waals surface area contributed by atoms with E-state index >= 15 is 0 Å². The number of halogens is 2. The minimum absolute atomic E-state index is 0.0453. The third-order valence-corrected chi connectivity index (χ3v) is 2.69. The van der Waals surface area contributed by atoms with Crippen molar-refractivity contribution in [2.24, 2.45) is 5.16 Å². The van der Waals surface area contributed by atoms with Gasteiger partial charge in [-0.15, -0.1) is 0 Å². The molecular weight excluding hydrogens is 310 g/mol. The van der Waals surface area contributed by atoms with E-state index in [1.54, 1.807) is 12.1 Å². The normalized spacial score (nSPS) is 11.0. The molecule has 0 unspecified atom stereocenters. The number of likely N-dealkylation sites (N-methyl/N-ethyl adjacent to an activating group) is 1. The number of amides is 1. The van der Waals surface area contributed by atoms with Crippen LogP contribution in [0, 0.1) is 11.8 Å². The summed E-state index contributed by atoms with van der Waals surface area (Å²) >= 11 is 0. The Kier molecular flexibility index (Phi) is 5.13. The fourth-order valence-electron chi connectivity index (χ4n) is 1.68. The molecule has 1 aromatic carbocycles. The van der Waals surface area contributed by atoms with Crippen LogP contribution in [0.1, 0.15) is 5.56 Å². The van der Waals surface area contributed by atoms with Crippen molar-refractivity contribution in [2.45, 2.75) is 0 Å². The summed E-state index contributed by atoms with van der Waals surface area (Å²) in [6.07, 6.45) is 0.819. The summed E-state index contributed by atoms with van der Waals surface area (Å²) in [5.74, 6) is -3.79. The van der Waals surface area contributed by atoms with Gasteiger partial charge in [-0.25, -0.2) is 4.98 Å². The zero-order chi connectivity index (χ0) is 16.8. The number of aromatic nitrogens is 2. The zero-order valence-electron chi connectivity index (χ0n) is 12.2. The number of hydrogen-bond acceptors (Lipinski definition) is 6. The lowest BCUT2D eigenvalue weighted by atomic mass is 10.1. The lowest BCUT2D eigenvalue weighted by Gasteiger charge is -2.11. The number of ether oxygens (including phenoxy) is 1. The number of nitrogens with zero attached hydrogens (tertiary/aromatic N) is 3. The molecule has 0 radical (unpaired) electrons. The number of oxime groups is 1. The first kappa shape index (κ1) is 16.3. The lowest BCUT2D eigenvalue weighted by Crippen LogP contribution is -2.28. The first-order valence-corrected chi connectivity index (χ1v) is 6.35. The van der Waals surface area contributed by atoms with Crippen LogP contribution >= 0.6 is 0 Å². The van der Waals surface area contributed by atoms with Crippen molar-refractivity contribution in [2.75, 3.05) is 14.2 Å². The lowest BCUT2D eigenvalue weighted by molar-refractivity contribution is -0.114. The fourth-order valence-corrected chi connectivity index (χ4v) is 1.68. The summed E-state index contributed by atoms with van der Waals surface area (Å²) in [5, 5.41) is 6.03. The summed E-state index contributed by atoms with van der Waals surface area (Å²) in [6.45, 7) is 0. The van der Waals surface area contributed by atoms with Crippen molar-refractivity contribution in [3.8, 4) is 11.6 Å². The van der Waals surface area contributed by atoms with E-state index in [4.69, 9.17) is 4.74 Å². The van der Waals surface area contributed by atoms with Crippen LogP contribution in [0.3, 0.4) is 0 Å². The van der Waals surface area contributed by atoms with Crippen molar-refractivity contribution in [3.63, 3.8) is 0 Å². The van der Waals surface area contributed by atoms with Gasteiger partial charge in [-0.3, -0.25) is 4.79 Å². The number of para-hydroxylation sites is 1. The third kappa shape index (κ3) is 3.57. The van der Waals surface area contributed by atoms with Crippen molar-refractivity contribution < 1.29 is 23.1 Å². The Labute approximate surface area is 130 Å². The Morgan fingerprint density at radius 1 is 1.26 bits per heavy atom. The first-order chi connectivity index (χ1) is 11.1. The smallest absolute Gasteiger partial charge is 0.273 e. The fraction of sp³-hybridized carbons (Fsp3) is 0.143. The van der Waals surface area contributed by atoms with Crippen molar-refractivity contribution >= 4 is 11.6 Å². The van der Waals surface area contributed by atoms with Gasteiger partial charge < -0.3 is 14.9 Å². The molecule has 0 saturated carbocycles. The van der Waals surface area contributed by atoms with E-state index in [0.717, 1.165) is 6.33 Å². The molecule has 0 fully saturated rings. The summed E-state index contributed by atoms with van der Waals surface area (Å²) in [4.78, 5) is 23.1. The SMILES string of the molecule is CNC(=O)C(=NOC)c1ccccc1Oc1ncnc(F)c1F. The van der Waals surface area contributed by atoms with Gasteiger partial charge in [0, 0.05) is 7.05 Å². The molecule has 0 aliphatic heterocycles. The van der Waals surface area contributed by atoms with Gasteiger partial charge in [0.15, 0.2) is 5.71 Å². The highest BCUT2D eigenvalue weighted by Crippen LogP contribution is 2.26. The van der Waals surface area contributed by atoms with Crippen molar-refractivity contribution in [3.05, 3.63) is 47.9 Å². The molecule has 2 rings (SSSR count). The maximum Gasteiger partial charge on any atom is 0.273 e. The second-order valence-electron chi connectivity index (χ2n) is 4.08.